The maximum Gasteiger partial charge on any atom is 0.232 e. The Morgan fingerprint density at radius 3 is 3.17 bits per heavy atom. The maximum absolute atomic E-state index is 6.17. The lowest BCUT2D eigenvalue weighted by Crippen LogP contribution is -2.38. The van der Waals surface area contributed by atoms with Crippen molar-refractivity contribution in [1.82, 2.24) is 0 Å². The predicted molar refractivity (Wildman–Crippen MR) is 65.0 cm³/mol. The minimum Gasteiger partial charge on any atom is -0.455 e. The van der Waals surface area contributed by atoms with Crippen molar-refractivity contribution in [1.29, 1.82) is 0 Å². The normalized spacial score (nSPS) is 36.9. The summed E-state index contributed by atoms with van der Waals surface area (Å²) in [6.45, 7) is 0.777. The molecule has 2 fully saturated rings. The molecule has 1 spiro atoms. The molecule has 2 aromatic rings. The first-order valence-corrected chi connectivity index (χ1v) is 6.72. The summed E-state index contributed by atoms with van der Waals surface area (Å²) in [5.74, 6) is 0.867. The van der Waals surface area contributed by atoms with Gasteiger partial charge in [-0.1, -0.05) is 18.2 Å². The second kappa shape index (κ2) is 2.98. The lowest BCUT2D eigenvalue weighted by molar-refractivity contribution is -0.266. The van der Waals surface area contributed by atoms with Gasteiger partial charge in [-0.25, -0.2) is 0 Å². The Balaban J connectivity index is 1.82. The summed E-state index contributed by atoms with van der Waals surface area (Å²) in [4.78, 5) is 0. The zero-order valence-electron chi connectivity index (χ0n) is 10.0. The van der Waals surface area contributed by atoms with Crippen LogP contribution in [-0.2, 0) is 15.3 Å². The van der Waals surface area contributed by atoms with Gasteiger partial charge >= 0.3 is 0 Å². The first-order chi connectivity index (χ1) is 8.88. The third-order valence-electron chi connectivity index (χ3n) is 4.64. The van der Waals surface area contributed by atoms with Gasteiger partial charge in [0.05, 0.1) is 12.7 Å². The van der Waals surface area contributed by atoms with Gasteiger partial charge in [0.25, 0.3) is 0 Å². The highest BCUT2D eigenvalue weighted by Crippen LogP contribution is 2.63. The van der Waals surface area contributed by atoms with Crippen LogP contribution in [0, 0.1) is 5.92 Å². The standard InChI is InChI=1S/C15H14O3/c1-2-6-11-10(5-1)13-12-8-9-4-3-7-16-15(9,18-12)14(13)17-11/h1-2,5-6,9,12H,3-4,7-8H2/t9-,12+,15-/m1/s1. The van der Waals surface area contributed by atoms with E-state index < -0.39 is 5.79 Å². The summed E-state index contributed by atoms with van der Waals surface area (Å²) in [6, 6.07) is 8.22. The summed E-state index contributed by atoms with van der Waals surface area (Å²) in [6.07, 6.45) is 3.58. The zero-order chi connectivity index (χ0) is 11.7. The van der Waals surface area contributed by atoms with Crippen molar-refractivity contribution >= 4 is 11.0 Å². The van der Waals surface area contributed by atoms with Crippen LogP contribution in [0.5, 0.6) is 0 Å². The largest absolute Gasteiger partial charge is 0.455 e. The van der Waals surface area contributed by atoms with E-state index >= 15 is 0 Å². The molecular weight excluding hydrogens is 228 g/mol. The number of hydrogen-bond donors (Lipinski definition) is 0. The van der Waals surface area contributed by atoms with Gasteiger partial charge in [0.1, 0.15) is 5.58 Å². The number of fused-ring (bicyclic) bond motifs is 5. The van der Waals surface area contributed by atoms with E-state index in [1.54, 1.807) is 0 Å². The van der Waals surface area contributed by atoms with Crippen LogP contribution in [-0.4, -0.2) is 6.61 Å². The molecular formula is C15H14O3. The van der Waals surface area contributed by atoms with Crippen molar-refractivity contribution < 1.29 is 13.9 Å². The highest BCUT2D eigenvalue weighted by molar-refractivity contribution is 5.83. The van der Waals surface area contributed by atoms with E-state index in [1.165, 1.54) is 17.4 Å². The van der Waals surface area contributed by atoms with E-state index in [0.29, 0.717) is 5.92 Å². The van der Waals surface area contributed by atoms with Gasteiger partial charge in [0, 0.05) is 16.9 Å². The average Bonchev–Trinajstić information content (AvgIpc) is 3.04. The smallest absolute Gasteiger partial charge is 0.232 e. The predicted octanol–water partition coefficient (Wildman–Crippen LogP) is 3.49. The van der Waals surface area contributed by atoms with E-state index in [1.807, 2.05) is 12.1 Å². The molecule has 0 aliphatic carbocycles. The van der Waals surface area contributed by atoms with Gasteiger partial charge in [-0.05, 0) is 25.3 Å². The Labute approximate surface area is 105 Å². The van der Waals surface area contributed by atoms with Crippen LogP contribution < -0.4 is 0 Å². The maximum atomic E-state index is 6.17. The molecule has 3 nitrogen and oxygen atoms in total. The van der Waals surface area contributed by atoms with Crippen LogP contribution in [0.4, 0.5) is 0 Å². The van der Waals surface area contributed by atoms with Crippen molar-refractivity contribution in [3.05, 3.63) is 35.6 Å². The lowest BCUT2D eigenvalue weighted by atomic mass is 9.81. The molecule has 0 saturated carbocycles. The fraction of sp³-hybridized carbons (Fsp3) is 0.467. The Morgan fingerprint density at radius 2 is 2.17 bits per heavy atom. The molecule has 4 heterocycles. The minimum atomic E-state index is -0.558. The van der Waals surface area contributed by atoms with Crippen molar-refractivity contribution in [2.45, 2.75) is 31.2 Å². The summed E-state index contributed by atoms with van der Waals surface area (Å²) < 4.78 is 18.2. The number of rotatable bonds is 0. The van der Waals surface area contributed by atoms with Gasteiger partial charge < -0.3 is 13.9 Å². The van der Waals surface area contributed by atoms with Crippen LogP contribution in [0.1, 0.15) is 36.7 Å². The molecule has 1 aromatic heterocycles. The highest BCUT2D eigenvalue weighted by atomic mass is 16.7. The molecule has 2 saturated heterocycles. The minimum absolute atomic E-state index is 0.173. The van der Waals surface area contributed by atoms with Gasteiger partial charge in [0.15, 0.2) is 5.76 Å². The third-order valence-corrected chi connectivity index (χ3v) is 4.64. The highest BCUT2D eigenvalue weighted by Gasteiger charge is 2.62. The molecule has 1 aromatic carbocycles. The number of para-hydroxylation sites is 1. The summed E-state index contributed by atoms with van der Waals surface area (Å²) in [5, 5.41) is 1.20. The molecule has 0 radical (unpaired) electrons. The van der Waals surface area contributed by atoms with Gasteiger partial charge in [-0.2, -0.15) is 0 Å². The summed E-state index contributed by atoms with van der Waals surface area (Å²) in [5.41, 5.74) is 2.20. The molecule has 92 valence electrons. The van der Waals surface area contributed by atoms with E-state index in [9.17, 15) is 0 Å². The van der Waals surface area contributed by atoms with E-state index in [2.05, 4.69) is 12.1 Å². The fourth-order valence-electron chi connectivity index (χ4n) is 3.91. The molecule has 3 atom stereocenters. The van der Waals surface area contributed by atoms with Crippen LogP contribution in [0.2, 0.25) is 0 Å². The number of furan rings is 1. The van der Waals surface area contributed by atoms with Crippen molar-refractivity contribution in [2.24, 2.45) is 5.92 Å². The Kier molecular flexibility index (Phi) is 1.59. The average molecular weight is 242 g/mol. The van der Waals surface area contributed by atoms with E-state index in [4.69, 9.17) is 13.9 Å². The molecule has 2 bridgehead atoms. The topological polar surface area (TPSA) is 31.6 Å². The van der Waals surface area contributed by atoms with Crippen molar-refractivity contribution in [2.75, 3.05) is 6.61 Å². The second-order valence-electron chi connectivity index (χ2n) is 5.54. The number of ether oxygens (including phenoxy) is 2. The second-order valence-corrected chi connectivity index (χ2v) is 5.54. The third kappa shape index (κ3) is 0.919. The molecule has 5 rings (SSSR count). The van der Waals surface area contributed by atoms with Crippen molar-refractivity contribution in [3.63, 3.8) is 0 Å². The fourth-order valence-corrected chi connectivity index (χ4v) is 3.91. The Hall–Kier alpha value is -1.32. The molecule has 3 aliphatic rings. The van der Waals surface area contributed by atoms with Crippen molar-refractivity contribution in [3.8, 4) is 0 Å². The summed E-state index contributed by atoms with van der Waals surface area (Å²) >= 11 is 0. The SMILES string of the molecule is c1ccc2c3c(oc2c1)[C@@]12OCCC[C@@H]1C[C@@H]3O2. The van der Waals surface area contributed by atoms with Crippen LogP contribution in [0.3, 0.4) is 0 Å². The number of hydrogen-bond acceptors (Lipinski definition) is 3. The zero-order valence-corrected chi connectivity index (χ0v) is 10.0. The first kappa shape index (κ1) is 9.59. The number of benzene rings is 1. The van der Waals surface area contributed by atoms with Crippen LogP contribution in [0.25, 0.3) is 11.0 Å². The first-order valence-electron chi connectivity index (χ1n) is 6.72. The molecule has 0 amide bonds. The Morgan fingerprint density at radius 1 is 1.22 bits per heavy atom. The van der Waals surface area contributed by atoms with Gasteiger partial charge in [0.2, 0.25) is 5.79 Å². The van der Waals surface area contributed by atoms with Crippen LogP contribution >= 0.6 is 0 Å². The molecule has 0 unspecified atom stereocenters. The molecule has 0 N–H and O–H groups in total. The van der Waals surface area contributed by atoms with E-state index in [0.717, 1.165) is 30.8 Å². The van der Waals surface area contributed by atoms with Crippen LogP contribution in [0.15, 0.2) is 28.7 Å². The molecule has 3 aliphatic heterocycles. The molecule has 18 heavy (non-hydrogen) atoms. The summed E-state index contributed by atoms with van der Waals surface area (Å²) in [7, 11) is 0. The monoisotopic (exact) mass is 242 g/mol. The quantitative estimate of drug-likeness (QED) is 0.708. The van der Waals surface area contributed by atoms with E-state index in [-0.39, 0.29) is 6.10 Å². The molecule has 3 heteroatoms. The van der Waals surface area contributed by atoms with Gasteiger partial charge in [-0.15, -0.1) is 0 Å². The van der Waals surface area contributed by atoms with Gasteiger partial charge in [-0.3, -0.25) is 0 Å². The Bertz CT molecular complexity index is 644. The lowest BCUT2D eigenvalue weighted by Gasteiger charge is -2.35.